The SMILES string of the molecule is CC(=O)/C=C(/C)O.CC1=CC(C)Cc2nc(-c3[c-]c(C)cc(C)c3)ccc21.[Ir]. The summed E-state index contributed by atoms with van der Waals surface area (Å²) in [6.45, 7) is 11.5. The van der Waals surface area contributed by atoms with Gasteiger partial charge in [-0.3, -0.25) is 4.79 Å². The fourth-order valence-corrected chi connectivity index (χ4v) is 3.37. The molecular formula is C24H28IrNO2-. The number of pyridine rings is 1. The van der Waals surface area contributed by atoms with E-state index >= 15 is 0 Å². The predicted octanol–water partition coefficient (Wildman–Crippen LogP) is 5.80. The zero-order chi connectivity index (χ0) is 20.1. The maximum absolute atomic E-state index is 10.0. The maximum Gasteiger partial charge on any atom is 0.155 e. The van der Waals surface area contributed by atoms with Crippen molar-refractivity contribution in [1.82, 2.24) is 4.98 Å². The molecule has 1 atom stereocenters. The molecule has 0 fully saturated rings. The number of aliphatic hydroxyl groups is 1. The number of hydrogen-bond donors (Lipinski definition) is 1. The number of rotatable bonds is 2. The van der Waals surface area contributed by atoms with E-state index in [1.165, 1.54) is 47.9 Å². The van der Waals surface area contributed by atoms with Gasteiger partial charge in [0, 0.05) is 31.9 Å². The molecule has 3 rings (SSSR count). The van der Waals surface area contributed by atoms with Gasteiger partial charge in [-0.2, -0.15) is 0 Å². The number of nitrogens with zero attached hydrogens (tertiary/aromatic N) is 1. The van der Waals surface area contributed by atoms with Gasteiger partial charge in [0.25, 0.3) is 0 Å². The molecule has 1 aromatic carbocycles. The first-order chi connectivity index (χ1) is 12.7. The normalized spacial score (nSPS) is 15.4. The van der Waals surface area contributed by atoms with Crippen LogP contribution in [0.5, 0.6) is 0 Å². The van der Waals surface area contributed by atoms with E-state index in [1.807, 2.05) is 0 Å². The zero-order valence-corrected chi connectivity index (χ0v) is 19.8. The summed E-state index contributed by atoms with van der Waals surface area (Å²) in [5.41, 5.74) is 8.45. The molecule has 2 aromatic rings. The molecule has 4 heteroatoms. The Bertz CT molecular complexity index is 889. The average Bonchev–Trinajstić information content (AvgIpc) is 2.52. The second kappa shape index (κ2) is 10.5. The molecule has 1 aliphatic rings. The Hall–Kier alpha value is -2.03. The van der Waals surface area contributed by atoms with E-state index in [4.69, 9.17) is 10.1 Å². The van der Waals surface area contributed by atoms with E-state index in [9.17, 15) is 4.79 Å². The summed E-state index contributed by atoms with van der Waals surface area (Å²) in [5.74, 6) is 0.515. The fourth-order valence-electron chi connectivity index (χ4n) is 3.37. The molecule has 28 heavy (non-hydrogen) atoms. The third kappa shape index (κ3) is 6.85. The number of carbonyl (C=O) groups excluding carboxylic acids is 1. The molecule has 0 spiro atoms. The largest absolute Gasteiger partial charge is 0.512 e. The Morgan fingerprint density at radius 2 is 1.89 bits per heavy atom. The molecule has 0 saturated carbocycles. The van der Waals surface area contributed by atoms with Gasteiger partial charge in [-0.15, -0.1) is 34.9 Å². The minimum absolute atomic E-state index is 0. The monoisotopic (exact) mass is 555 g/mol. The van der Waals surface area contributed by atoms with Crippen molar-refractivity contribution in [2.24, 2.45) is 5.92 Å². The first-order valence-corrected chi connectivity index (χ1v) is 9.23. The van der Waals surface area contributed by atoms with Crippen LogP contribution in [-0.2, 0) is 31.3 Å². The first-order valence-electron chi connectivity index (χ1n) is 9.23. The topological polar surface area (TPSA) is 50.2 Å². The molecule has 1 N–H and O–H groups in total. The van der Waals surface area contributed by atoms with Crippen LogP contribution in [0.25, 0.3) is 16.8 Å². The van der Waals surface area contributed by atoms with Crippen LogP contribution in [0, 0.1) is 25.8 Å². The van der Waals surface area contributed by atoms with Gasteiger partial charge in [0.2, 0.25) is 0 Å². The smallest absolute Gasteiger partial charge is 0.155 e. The van der Waals surface area contributed by atoms with Gasteiger partial charge in [0.15, 0.2) is 5.78 Å². The van der Waals surface area contributed by atoms with Crippen LogP contribution < -0.4 is 0 Å². The van der Waals surface area contributed by atoms with E-state index in [1.54, 1.807) is 0 Å². The molecule has 0 bridgehead atoms. The van der Waals surface area contributed by atoms with Gasteiger partial charge in [0.1, 0.15) is 0 Å². The van der Waals surface area contributed by atoms with E-state index in [0.29, 0.717) is 5.92 Å². The molecule has 0 amide bonds. The summed E-state index contributed by atoms with van der Waals surface area (Å²) in [6.07, 6.45) is 4.54. The van der Waals surface area contributed by atoms with Crippen molar-refractivity contribution in [1.29, 1.82) is 0 Å². The number of allylic oxidation sites excluding steroid dienone is 4. The van der Waals surface area contributed by atoms with E-state index in [-0.39, 0.29) is 31.6 Å². The minimum Gasteiger partial charge on any atom is -0.512 e. The third-order valence-electron chi connectivity index (χ3n) is 4.28. The van der Waals surface area contributed by atoms with Crippen LogP contribution in [0.2, 0.25) is 0 Å². The number of ketones is 1. The summed E-state index contributed by atoms with van der Waals surface area (Å²) < 4.78 is 0. The van der Waals surface area contributed by atoms with Gasteiger partial charge < -0.3 is 10.1 Å². The van der Waals surface area contributed by atoms with Gasteiger partial charge in [0.05, 0.1) is 5.76 Å². The third-order valence-corrected chi connectivity index (χ3v) is 4.28. The molecule has 1 aromatic heterocycles. The maximum atomic E-state index is 10.0. The summed E-state index contributed by atoms with van der Waals surface area (Å²) in [7, 11) is 0. The van der Waals surface area contributed by atoms with Crippen LogP contribution in [0.15, 0.2) is 42.2 Å². The van der Waals surface area contributed by atoms with Crippen molar-refractivity contribution in [3.05, 3.63) is 70.6 Å². The molecule has 151 valence electrons. The molecule has 1 radical (unpaired) electrons. The fraction of sp³-hybridized carbons (Fsp3) is 0.333. The minimum atomic E-state index is -0.125. The Kier molecular flexibility index (Phi) is 9.00. The number of carbonyl (C=O) groups is 1. The number of fused-ring (bicyclic) bond motifs is 1. The van der Waals surface area contributed by atoms with Crippen molar-refractivity contribution < 1.29 is 30.0 Å². The van der Waals surface area contributed by atoms with Gasteiger partial charge >= 0.3 is 0 Å². The molecule has 1 unspecified atom stereocenters. The van der Waals surface area contributed by atoms with Gasteiger partial charge in [-0.05, 0) is 49.9 Å². The average molecular weight is 555 g/mol. The van der Waals surface area contributed by atoms with Crippen LogP contribution in [0.4, 0.5) is 0 Å². The van der Waals surface area contributed by atoms with E-state index in [0.717, 1.165) is 17.7 Å². The second-order valence-electron chi connectivity index (χ2n) is 7.37. The van der Waals surface area contributed by atoms with Crippen LogP contribution >= 0.6 is 0 Å². The quantitative estimate of drug-likeness (QED) is 0.290. The van der Waals surface area contributed by atoms with Crippen molar-refractivity contribution in [3.63, 3.8) is 0 Å². The predicted molar refractivity (Wildman–Crippen MR) is 112 cm³/mol. The Morgan fingerprint density at radius 1 is 1.21 bits per heavy atom. The van der Waals surface area contributed by atoms with E-state index < -0.39 is 0 Å². The number of aromatic nitrogens is 1. The molecular weight excluding hydrogens is 526 g/mol. The van der Waals surface area contributed by atoms with Crippen molar-refractivity contribution in [2.75, 3.05) is 0 Å². The number of aryl methyl sites for hydroxylation is 2. The summed E-state index contributed by atoms with van der Waals surface area (Å²) in [5, 5.41) is 8.36. The van der Waals surface area contributed by atoms with Crippen molar-refractivity contribution >= 4 is 11.4 Å². The Balaban J connectivity index is 0.000000425. The standard InChI is InChI=1S/C19H20N.C5H8O2.Ir/c1-12-7-13(2)10-16(9-12)18-6-5-17-15(4)8-14(3)11-19(17)20-18;1-4(6)3-5(2)7;/h5-9,14H,11H2,1-4H3;3,6H,1-2H3;/q-1;;/b;4-3-;. The molecule has 3 nitrogen and oxygen atoms in total. The summed E-state index contributed by atoms with van der Waals surface area (Å²) in [4.78, 5) is 14.9. The second-order valence-corrected chi connectivity index (χ2v) is 7.37. The first kappa shape index (κ1) is 24.0. The summed E-state index contributed by atoms with van der Waals surface area (Å²) in [6, 6.07) is 12.1. The van der Waals surface area contributed by atoms with Crippen LogP contribution in [0.3, 0.4) is 0 Å². The van der Waals surface area contributed by atoms with Crippen LogP contribution in [-0.4, -0.2) is 15.9 Å². The Labute approximate surface area is 182 Å². The van der Waals surface area contributed by atoms with Gasteiger partial charge in [-0.25, -0.2) is 0 Å². The molecule has 1 aliphatic carbocycles. The molecule has 0 aliphatic heterocycles. The zero-order valence-electron chi connectivity index (χ0n) is 17.4. The number of aliphatic hydroxyl groups excluding tert-OH is 1. The van der Waals surface area contributed by atoms with E-state index in [2.05, 4.69) is 64.1 Å². The number of hydrogen-bond acceptors (Lipinski definition) is 3. The Morgan fingerprint density at radius 3 is 2.43 bits per heavy atom. The molecule has 0 saturated heterocycles. The molecule has 1 heterocycles. The van der Waals surface area contributed by atoms with Gasteiger partial charge in [-0.1, -0.05) is 39.0 Å². The van der Waals surface area contributed by atoms with Crippen LogP contribution in [0.1, 0.15) is 50.1 Å². The summed E-state index contributed by atoms with van der Waals surface area (Å²) >= 11 is 0. The van der Waals surface area contributed by atoms with Crippen molar-refractivity contribution in [2.45, 2.75) is 48.0 Å². The number of benzene rings is 1. The van der Waals surface area contributed by atoms with Crippen molar-refractivity contribution in [3.8, 4) is 11.3 Å².